The minimum absolute atomic E-state index is 1.24. The topological polar surface area (TPSA) is 3.24 Å². The van der Waals surface area contributed by atoms with Crippen LogP contribution in [0.25, 0.3) is 0 Å². The minimum atomic E-state index is 1.24. The first-order valence-corrected chi connectivity index (χ1v) is 5.18. The van der Waals surface area contributed by atoms with Crippen LogP contribution in [0.15, 0.2) is 24.3 Å². The fourth-order valence-electron chi connectivity index (χ4n) is 1.48. The summed E-state index contributed by atoms with van der Waals surface area (Å²) in [5.74, 6) is 0. The molecule has 0 aliphatic carbocycles. The van der Waals surface area contributed by atoms with Gasteiger partial charge in [0.15, 0.2) is 0 Å². The van der Waals surface area contributed by atoms with Crippen LogP contribution in [-0.2, 0) is 0 Å². The molecule has 0 aromatic heterocycles. The third-order valence-electron chi connectivity index (χ3n) is 2.31. The quantitative estimate of drug-likeness (QED) is 0.636. The Labute approximate surface area is 81.4 Å². The van der Waals surface area contributed by atoms with E-state index in [-0.39, 0.29) is 0 Å². The SMILES string of the molecule is CC.Cc1ccccc1N1CCC1. The van der Waals surface area contributed by atoms with Gasteiger partial charge in [-0.3, -0.25) is 0 Å². The smallest absolute Gasteiger partial charge is 0.0395 e. The maximum atomic E-state index is 2.43. The molecule has 1 heteroatoms. The normalized spacial score (nSPS) is 14.2. The molecule has 1 aromatic carbocycles. The second kappa shape index (κ2) is 4.90. The molecule has 1 heterocycles. The number of rotatable bonds is 1. The number of hydrogen-bond acceptors (Lipinski definition) is 1. The second-order valence-corrected chi connectivity index (χ2v) is 3.13. The molecule has 2 rings (SSSR count). The summed E-state index contributed by atoms with van der Waals surface area (Å²) in [4.78, 5) is 2.43. The number of para-hydroxylation sites is 1. The highest BCUT2D eigenvalue weighted by Gasteiger charge is 2.14. The summed E-state index contributed by atoms with van der Waals surface area (Å²) in [7, 11) is 0. The average molecular weight is 177 g/mol. The van der Waals surface area contributed by atoms with Gasteiger partial charge in [-0.05, 0) is 25.0 Å². The molecule has 1 nitrogen and oxygen atoms in total. The molecule has 13 heavy (non-hydrogen) atoms. The van der Waals surface area contributed by atoms with Gasteiger partial charge in [0.25, 0.3) is 0 Å². The number of benzene rings is 1. The molecule has 1 aliphatic heterocycles. The molecule has 0 N–H and O–H groups in total. The summed E-state index contributed by atoms with van der Waals surface area (Å²) < 4.78 is 0. The Hall–Kier alpha value is -0.980. The predicted molar refractivity (Wildman–Crippen MR) is 59.4 cm³/mol. The van der Waals surface area contributed by atoms with E-state index in [1.54, 1.807) is 0 Å². The van der Waals surface area contributed by atoms with Crippen LogP contribution in [0.2, 0.25) is 0 Å². The maximum absolute atomic E-state index is 2.43. The maximum Gasteiger partial charge on any atom is 0.0395 e. The number of anilines is 1. The highest BCUT2D eigenvalue weighted by Crippen LogP contribution is 2.23. The Balaban J connectivity index is 0.000000396. The zero-order valence-corrected chi connectivity index (χ0v) is 8.88. The fraction of sp³-hybridized carbons (Fsp3) is 0.500. The molecule has 0 unspecified atom stereocenters. The molecule has 0 bridgehead atoms. The van der Waals surface area contributed by atoms with Gasteiger partial charge in [0.1, 0.15) is 0 Å². The summed E-state index contributed by atoms with van der Waals surface area (Å²) >= 11 is 0. The van der Waals surface area contributed by atoms with Crippen molar-refractivity contribution in [2.24, 2.45) is 0 Å². The van der Waals surface area contributed by atoms with Gasteiger partial charge in [-0.15, -0.1) is 0 Å². The highest BCUT2D eigenvalue weighted by molar-refractivity contribution is 5.54. The first-order valence-electron chi connectivity index (χ1n) is 5.18. The van der Waals surface area contributed by atoms with Crippen LogP contribution in [0.3, 0.4) is 0 Å². The van der Waals surface area contributed by atoms with Crippen molar-refractivity contribution >= 4 is 5.69 Å². The van der Waals surface area contributed by atoms with E-state index in [0.29, 0.717) is 0 Å². The van der Waals surface area contributed by atoms with Crippen LogP contribution >= 0.6 is 0 Å². The molecule has 1 fully saturated rings. The van der Waals surface area contributed by atoms with E-state index in [9.17, 15) is 0 Å². The predicted octanol–water partition coefficient (Wildman–Crippen LogP) is 3.23. The molecular formula is C12H19N. The van der Waals surface area contributed by atoms with E-state index in [1.165, 1.54) is 30.8 Å². The molecule has 0 radical (unpaired) electrons. The molecule has 1 saturated heterocycles. The Kier molecular flexibility index (Phi) is 3.81. The van der Waals surface area contributed by atoms with Gasteiger partial charge in [-0.1, -0.05) is 32.0 Å². The molecular weight excluding hydrogens is 158 g/mol. The van der Waals surface area contributed by atoms with Crippen molar-refractivity contribution in [3.8, 4) is 0 Å². The molecule has 0 amide bonds. The molecule has 0 saturated carbocycles. The summed E-state index contributed by atoms with van der Waals surface area (Å²) in [6.45, 7) is 8.66. The zero-order chi connectivity index (χ0) is 9.68. The average Bonchev–Trinajstić information content (AvgIpc) is 2.09. The molecule has 1 aliphatic rings. The van der Waals surface area contributed by atoms with Crippen molar-refractivity contribution in [3.63, 3.8) is 0 Å². The monoisotopic (exact) mass is 177 g/mol. The van der Waals surface area contributed by atoms with E-state index in [2.05, 4.69) is 36.1 Å². The van der Waals surface area contributed by atoms with Crippen LogP contribution < -0.4 is 4.90 Å². The lowest BCUT2D eigenvalue weighted by molar-refractivity contribution is 0.616. The van der Waals surface area contributed by atoms with Crippen molar-refractivity contribution in [1.82, 2.24) is 0 Å². The van der Waals surface area contributed by atoms with Crippen molar-refractivity contribution in [1.29, 1.82) is 0 Å². The van der Waals surface area contributed by atoms with Crippen LogP contribution in [0.1, 0.15) is 25.8 Å². The number of nitrogens with zero attached hydrogens (tertiary/aromatic N) is 1. The van der Waals surface area contributed by atoms with Crippen molar-refractivity contribution in [3.05, 3.63) is 29.8 Å². The minimum Gasteiger partial charge on any atom is -0.371 e. The van der Waals surface area contributed by atoms with E-state index >= 15 is 0 Å². The Morgan fingerprint density at radius 2 is 1.69 bits per heavy atom. The summed E-state index contributed by atoms with van der Waals surface area (Å²) in [5.41, 5.74) is 2.81. The van der Waals surface area contributed by atoms with Crippen LogP contribution in [0.5, 0.6) is 0 Å². The van der Waals surface area contributed by atoms with Crippen molar-refractivity contribution in [2.75, 3.05) is 18.0 Å². The van der Waals surface area contributed by atoms with Crippen molar-refractivity contribution < 1.29 is 0 Å². The number of hydrogen-bond donors (Lipinski definition) is 0. The van der Waals surface area contributed by atoms with Crippen molar-refractivity contribution in [2.45, 2.75) is 27.2 Å². The van der Waals surface area contributed by atoms with Crippen LogP contribution in [-0.4, -0.2) is 13.1 Å². The van der Waals surface area contributed by atoms with Gasteiger partial charge in [0.2, 0.25) is 0 Å². The van der Waals surface area contributed by atoms with Gasteiger partial charge in [-0.25, -0.2) is 0 Å². The lowest BCUT2D eigenvalue weighted by atomic mass is 10.1. The molecule has 0 atom stereocenters. The van der Waals surface area contributed by atoms with Gasteiger partial charge < -0.3 is 4.90 Å². The summed E-state index contributed by atoms with van der Waals surface area (Å²) in [6.07, 6.45) is 1.36. The lowest BCUT2D eigenvalue weighted by Gasteiger charge is -2.34. The highest BCUT2D eigenvalue weighted by atomic mass is 15.2. The third-order valence-corrected chi connectivity index (χ3v) is 2.31. The van der Waals surface area contributed by atoms with Gasteiger partial charge in [0.05, 0.1) is 0 Å². The first kappa shape index (κ1) is 10.1. The number of aryl methyl sites for hydroxylation is 1. The summed E-state index contributed by atoms with van der Waals surface area (Å²) in [5, 5.41) is 0. The largest absolute Gasteiger partial charge is 0.371 e. The van der Waals surface area contributed by atoms with E-state index in [0.717, 1.165) is 0 Å². The van der Waals surface area contributed by atoms with Gasteiger partial charge in [0, 0.05) is 18.8 Å². The first-order chi connectivity index (χ1) is 6.38. The van der Waals surface area contributed by atoms with Gasteiger partial charge in [-0.2, -0.15) is 0 Å². The zero-order valence-electron chi connectivity index (χ0n) is 8.88. The van der Waals surface area contributed by atoms with Gasteiger partial charge >= 0.3 is 0 Å². The Morgan fingerprint density at radius 1 is 1.08 bits per heavy atom. The molecule has 72 valence electrons. The lowest BCUT2D eigenvalue weighted by Crippen LogP contribution is -2.37. The van der Waals surface area contributed by atoms with Crippen LogP contribution in [0, 0.1) is 6.92 Å². The summed E-state index contributed by atoms with van der Waals surface area (Å²) in [6, 6.07) is 8.58. The standard InChI is InChI=1S/C10H13N.C2H6/c1-9-5-2-3-6-10(9)11-7-4-8-11;1-2/h2-3,5-6H,4,7-8H2,1H3;1-2H3. The fourth-order valence-corrected chi connectivity index (χ4v) is 1.48. The van der Waals surface area contributed by atoms with E-state index < -0.39 is 0 Å². The Bertz CT molecular complexity index is 251. The van der Waals surface area contributed by atoms with E-state index in [4.69, 9.17) is 0 Å². The molecule has 0 spiro atoms. The molecule has 1 aromatic rings. The van der Waals surface area contributed by atoms with Crippen LogP contribution in [0.4, 0.5) is 5.69 Å². The Morgan fingerprint density at radius 3 is 2.15 bits per heavy atom. The third kappa shape index (κ3) is 2.24. The van der Waals surface area contributed by atoms with E-state index in [1.807, 2.05) is 13.8 Å². The second-order valence-electron chi connectivity index (χ2n) is 3.13.